The molecule has 9 unspecified atom stereocenters. The molecule has 4 fully saturated rings. The van der Waals surface area contributed by atoms with Gasteiger partial charge in [0.25, 0.3) is 0 Å². The quantitative estimate of drug-likeness (QED) is 0.591. The van der Waals surface area contributed by atoms with E-state index in [9.17, 15) is 9.90 Å². The lowest BCUT2D eigenvalue weighted by Gasteiger charge is -2.49. The van der Waals surface area contributed by atoms with Gasteiger partial charge in [0, 0.05) is 23.9 Å². The van der Waals surface area contributed by atoms with E-state index in [4.69, 9.17) is 9.47 Å². The number of hydrogen-bond acceptors (Lipinski definition) is 5. The number of likely N-dealkylation sites (N-methyl/N-ethyl adjacent to an activating group) is 1. The van der Waals surface area contributed by atoms with Crippen LogP contribution in [0, 0.1) is 23.2 Å². The fraction of sp³-hybridized carbons (Fsp3) is 0.720. The van der Waals surface area contributed by atoms with Gasteiger partial charge in [-0.25, -0.2) is 0 Å². The van der Waals surface area contributed by atoms with E-state index in [1.165, 1.54) is 19.3 Å². The normalized spacial score (nSPS) is 43.9. The lowest BCUT2D eigenvalue weighted by atomic mass is 9.53. The number of benzene rings is 1. The van der Waals surface area contributed by atoms with Crippen molar-refractivity contribution in [1.82, 2.24) is 4.90 Å². The van der Waals surface area contributed by atoms with Crippen molar-refractivity contribution in [2.45, 2.75) is 76.4 Å². The maximum atomic E-state index is 12.9. The van der Waals surface area contributed by atoms with E-state index in [1.807, 2.05) is 44.3 Å². The molecule has 2 aliphatic heterocycles. The Morgan fingerprint density at radius 2 is 2.03 bits per heavy atom. The van der Waals surface area contributed by atoms with Crippen LogP contribution in [-0.2, 0) is 14.3 Å². The van der Waals surface area contributed by atoms with Crippen LogP contribution in [0.2, 0.25) is 0 Å². The summed E-state index contributed by atoms with van der Waals surface area (Å²) in [5.74, 6) is 0.400. The molecule has 1 spiro atoms. The Labute approximate surface area is 179 Å². The molecule has 9 atom stereocenters. The zero-order valence-electron chi connectivity index (χ0n) is 18.6. The zero-order chi connectivity index (χ0) is 21.3. The Morgan fingerprint density at radius 3 is 2.77 bits per heavy atom. The third kappa shape index (κ3) is 2.81. The topological polar surface area (TPSA) is 62.3 Å². The van der Waals surface area contributed by atoms with Gasteiger partial charge < -0.3 is 14.6 Å². The molecule has 0 amide bonds. The SMILES string of the molecule is CC(C(O)c1ccccc1)N(C)CC1C(=O)OC2CC3(C)CCCC(C)C34OC4C21. The average molecular weight is 414 g/mol. The van der Waals surface area contributed by atoms with Crippen molar-refractivity contribution >= 4 is 5.97 Å². The van der Waals surface area contributed by atoms with E-state index in [2.05, 4.69) is 18.7 Å². The predicted octanol–water partition coefficient (Wildman–Crippen LogP) is 3.57. The maximum Gasteiger partial charge on any atom is 0.311 e. The third-order valence-corrected chi connectivity index (χ3v) is 8.97. The highest BCUT2D eigenvalue weighted by Gasteiger charge is 2.78. The van der Waals surface area contributed by atoms with Crippen LogP contribution >= 0.6 is 0 Å². The van der Waals surface area contributed by atoms with E-state index in [0.29, 0.717) is 12.5 Å². The number of carbonyl (C=O) groups is 1. The molecule has 2 heterocycles. The van der Waals surface area contributed by atoms with Gasteiger partial charge in [0.15, 0.2) is 0 Å². The summed E-state index contributed by atoms with van der Waals surface area (Å²) in [6.45, 7) is 7.29. The molecule has 1 N–H and O–H groups in total. The highest BCUT2D eigenvalue weighted by atomic mass is 16.6. The molecule has 4 aliphatic rings. The summed E-state index contributed by atoms with van der Waals surface area (Å²) in [4.78, 5) is 15.0. The van der Waals surface area contributed by atoms with Crippen LogP contribution in [0.3, 0.4) is 0 Å². The van der Waals surface area contributed by atoms with Crippen LogP contribution in [0.4, 0.5) is 0 Å². The molecule has 0 bridgehead atoms. The Kier molecular flexibility index (Phi) is 4.81. The van der Waals surface area contributed by atoms with Gasteiger partial charge in [0.05, 0.1) is 18.1 Å². The number of rotatable bonds is 5. The smallest absolute Gasteiger partial charge is 0.311 e. The monoisotopic (exact) mass is 413 g/mol. The second-order valence-corrected chi connectivity index (χ2v) is 10.6. The summed E-state index contributed by atoms with van der Waals surface area (Å²) < 4.78 is 12.5. The third-order valence-electron chi connectivity index (χ3n) is 8.97. The van der Waals surface area contributed by atoms with Gasteiger partial charge in [-0.2, -0.15) is 0 Å². The highest BCUT2D eigenvalue weighted by Crippen LogP contribution is 2.70. The van der Waals surface area contributed by atoms with Crippen LogP contribution < -0.4 is 0 Å². The van der Waals surface area contributed by atoms with Gasteiger partial charge in [-0.05, 0) is 44.7 Å². The lowest BCUT2D eigenvalue weighted by Crippen LogP contribution is -2.54. The Bertz CT molecular complexity index is 815. The van der Waals surface area contributed by atoms with E-state index in [0.717, 1.165) is 12.0 Å². The van der Waals surface area contributed by atoms with Crippen molar-refractivity contribution in [3.05, 3.63) is 35.9 Å². The van der Waals surface area contributed by atoms with E-state index >= 15 is 0 Å². The lowest BCUT2D eigenvalue weighted by molar-refractivity contribution is -0.146. The molecule has 5 rings (SSSR count). The van der Waals surface area contributed by atoms with Crippen LogP contribution in [0.5, 0.6) is 0 Å². The zero-order valence-corrected chi connectivity index (χ0v) is 18.6. The van der Waals surface area contributed by atoms with Crippen molar-refractivity contribution in [3.8, 4) is 0 Å². The summed E-state index contributed by atoms with van der Waals surface area (Å²) in [5.41, 5.74) is 0.957. The first kappa shape index (κ1) is 20.5. The van der Waals surface area contributed by atoms with E-state index in [-0.39, 0.29) is 47.1 Å². The first-order chi connectivity index (χ1) is 14.3. The van der Waals surface area contributed by atoms with E-state index in [1.54, 1.807) is 0 Å². The second kappa shape index (κ2) is 7.04. The molecule has 2 saturated carbocycles. The van der Waals surface area contributed by atoms with Crippen molar-refractivity contribution in [2.24, 2.45) is 23.2 Å². The first-order valence-electron chi connectivity index (χ1n) is 11.6. The van der Waals surface area contributed by atoms with Gasteiger partial charge in [-0.3, -0.25) is 9.69 Å². The number of esters is 1. The van der Waals surface area contributed by atoms with Crippen molar-refractivity contribution < 1.29 is 19.4 Å². The summed E-state index contributed by atoms with van der Waals surface area (Å²) in [6, 6.07) is 9.63. The molecule has 1 aromatic rings. The summed E-state index contributed by atoms with van der Waals surface area (Å²) >= 11 is 0. The molecule has 0 radical (unpaired) electrons. The summed E-state index contributed by atoms with van der Waals surface area (Å²) in [7, 11) is 2.00. The molecule has 2 aliphatic carbocycles. The maximum absolute atomic E-state index is 12.9. The molecule has 2 saturated heterocycles. The Balaban J connectivity index is 1.33. The first-order valence-corrected chi connectivity index (χ1v) is 11.6. The van der Waals surface area contributed by atoms with E-state index < -0.39 is 6.10 Å². The van der Waals surface area contributed by atoms with Gasteiger partial charge in [-0.15, -0.1) is 0 Å². The van der Waals surface area contributed by atoms with Crippen LogP contribution in [-0.4, -0.2) is 53.4 Å². The molecule has 30 heavy (non-hydrogen) atoms. The Hall–Kier alpha value is -1.43. The largest absolute Gasteiger partial charge is 0.462 e. The number of ether oxygens (including phenoxy) is 2. The van der Waals surface area contributed by atoms with Crippen LogP contribution in [0.1, 0.15) is 58.1 Å². The fourth-order valence-electron chi connectivity index (χ4n) is 7.09. The minimum absolute atomic E-state index is 0.0267. The molecule has 164 valence electrons. The van der Waals surface area contributed by atoms with Crippen molar-refractivity contribution in [3.63, 3.8) is 0 Å². The van der Waals surface area contributed by atoms with Gasteiger partial charge >= 0.3 is 5.97 Å². The molecule has 5 nitrogen and oxygen atoms in total. The Morgan fingerprint density at radius 1 is 1.30 bits per heavy atom. The van der Waals surface area contributed by atoms with Crippen LogP contribution in [0.15, 0.2) is 30.3 Å². The minimum Gasteiger partial charge on any atom is -0.462 e. The van der Waals surface area contributed by atoms with Crippen molar-refractivity contribution in [2.75, 3.05) is 13.6 Å². The molecule has 5 heteroatoms. The molecular formula is C25H35NO4. The number of aliphatic hydroxyl groups is 1. The summed E-state index contributed by atoms with van der Waals surface area (Å²) in [6.07, 6.45) is 4.05. The van der Waals surface area contributed by atoms with Gasteiger partial charge in [0.2, 0.25) is 0 Å². The van der Waals surface area contributed by atoms with Crippen LogP contribution in [0.25, 0.3) is 0 Å². The number of nitrogens with zero attached hydrogens (tertiary/aromatic N) is 1. The van der Waals surface area contributed by atoms with Gasteiger partial charge in [0.1, 0.15) is 11.7 Å². The number of fused-ring (bicyclic) bond motifs is 2. The number of epoxide rings is 1. The predicted molar refractivity (Wildman–Crippen MR) is 114 cm³/mol. The number of hydrogen-bond donors (Lipinski definition) is 1. The minimum atomic E-state index is -0.596. The average Bonchev–Trinajstić information content (AvgIpc) is 3.42. The molecular weight excluding hydrogens is 378 g/mol. The number of carbonyl (C=O) groups excluding carboxylic acids is 1. The van der Waals surface area contributed by atoms with Crippen molar-refractivity contribution in [1.29, 1.82) is 0 Å². The summed E-state index contributed by atoms with van der Waals surface area (Å²) in [5, 5.41) is 10.8. The fourth-order valence-corrected chi connectivity index (χ4v) is 7.09. The van der Waals surface area contributed by atoms with Gasteiger partial charge in [-0.1, -0.05) is 50.6 Å². The standard InChI is InChI=1S/C25H35NO4/c1-15-9-8-12-24(3)13-19-20(22-25(15,24)30-22)18(23(28)29-19)14-26(4)16(2)21(27)17-10-6-5-7-11-17/h5-7,10-11,15-16,18-22,27H,8-9,12-14H2,1-4H3. The highest BCUT2D eigenvalue weighted by molar-refractivity contribution is 5.76. The molecule has 1 aromatic carbocycles. The molecule has 0 aromatic heterocycles. The number of aliphatic hydroxyl groups excluding tert-OH is 1. The second-order valence-electron chi connectivity index (χ2n) is 10.6.